The maximum absolute atomic E-state index is 13.5. The van der Waals surface area contributed by atoms with E-state index in [1.54, 1.807) is 44.2 Å². The van der Waals surface area contributed by atoms with Gasteiger partial charge in [0, 0.05) is 11.6 Å². The molecular weight excluding hydrogens is 434 g/mol. The fourth-order valence-electron chi connectivity index (χ4n) is 3.58. The molecule has 0 fully saturated rings. The van der Waals surface area contributed by atoms with Crippen LogP contribution in [-0.4, -0.2) is 50.5 Å². The summed E-state index contributed by atoms with van der Waals surface area (Å²) in [6.07, 6.45) is 0. The van der Waals surface area contributed by atoms with Crippen molar-refractivity contribution in [3.8, 4) is 17.1 Å². The van der Waals surface area contributed by atoms with E-state index in [0.717, 1.165) is 0 Å². The molecule has 12 heteroatoms. The van der Waals surface area contributed by atoms with Crippen LogP contribution in [0.15, 0.2) is 51.1 Å². The first-order valence-corrected chi connectivity index (χ1v) is 11.0. The smallest absolute Gasteiger partial charge is 0.259 e. The molecule has 32 heavy (non-hydrogen) atoms. The van der Waals surface area contributed by atoms with Crippen LogP contribution in [0.2, 0.25) is 0 Å². The van der Waals surface area contributed by atoms with Crippen molar-refractivity contribution in [2.75, 3.05) is 7.11 Å². The predicted molar refractivity (Wildman–Crippen MR) is 114 cm³/mol. The molecule has 11 nitrogen and oxygen atoms in total. The summed E-state index contributed by atoms with van der Waals surface area (Å²) in [5.41, 5.74) is 1.08. The number of methoxy groups -OCH3 is 1. The van der Waals surface area contributed by atoms with Crippen LogP contribution in [0, 0.1) is 13.8 Å². The second-order valence-corrected chi connectivity index (χ2v) is 9.07. The average Bonchev–Trinajstić information content (AvgIpc) is 3.40. The zero-order chi connectivity index (χ0) is 22.6. The van der Waals surface area contributed by atoms with Gasteiger partial charge in [-0.15, -0.1) is 15.3 Å². The number of nitrogens with one attached hydrogen (secondary N) is 2. The Morgan fingerprint density at radius 3 is 2.50 bits per heavy atom. The summed E-state index contributed by atoms with van der Waals surface area (Å²) in [5, 5.41) is 15.8. The van der Waals surface area contributed by atoms with Gasteiger partial charge in [-0.2, -0.15) is 4.52 Å². The van der Waals surface area contributed by atoms with Crippen molar-refractivity contribution in [2.24, 2.45) is 0 Å². The van der Waals surface area contributed by atoms with E-state index in [4.69, 9.17) is 4.74 Å². The summed E-state index contributed by atoms with van der Waals surface area (Å²) in [5.74, 6) is 1.68. The first-order valence-electron chi connectivity index (χ1n) is 9.50. The van der Waals surface area contributed by atoms with E-state index >= 15 is 0 Å². The largest absolute Gasteiger partial charge is 0.497 e. The van der Waals surface area contributed by atoms with Gasteiger partial charge in [0.1, 0.15) is 11.6 Å². The Balaban J connectivity index is 1.69. The Hall–Kier alpha value is -4.06. The number of hydrogen-bond donors (Lipinski definition) is 2. The lowest BCUT2D eigenvalue weighted by Crippen LogP contribution is -2.12. The molecular formula is C20H17N7O4S. The highest BCUT2D eigenvalue weighted by molar-refractivity contribution is 7.91. The molecule has 5 aromatic rings. The molecule has 5 rings (SSSR count). The third-order valence-electron chi connectivity index (χ3n) is 5.14. The summed E-state index contributed by atoms with van der Waals surface area (Å²) < 4.78 is 33.4. The zero-order valence-electron chi connectivity index (χ0n) is 17.2. The Bertz CT molecular complexity index is 1680. The van der Waals surface area contributed by atoms with Gasteiger partial charge >= 0.3 is 0 Å². The van der Waals surface area contributed by atoms with E-state index < -0.39 is 15.4 Å². The summed E-state index contributed by atoms with van der Waals surface area (Å²) in [7, 11) is -2.59. The van der Waals surface area contributed by atoms with Crippen LogP contribution in [0.1, 0.15) is 11.4 Å². The molecule has 0 bridgehead atoms. The van der Waals surface area contributed by atoms with E-state index in [1.807, 2.05) is 0 Å². The minimum Gasteiger partial charge on any atom is -0.497 e. The van der Waals surface area contributed by atoms with Crippen molar-refractivity contribution in [1.82, 2.24) is 35.0 Å². The number of nitrogens with zero attached hydrogens (tertiary/aromatic N) is 5. The molecule has 0 amide bonds. The molecule has 0 unspecified atom stereocenters. The van der Waals surface area contributed by atoms with E-state index in [0.29, 0.717) is 39.4 Å². The maximum Gasteiger partial charge on any atom is 0.259 e. The number of sulfone groups is 1. The molecule has 3 aromatic heterocycles. The molecule has 0 saturated heterocycles. The van der Waals surface area contributed by atoms with Crippen molar-refractivity contribution in [1.29, 1.82) is 0 Å². The van der Waals surface area contributed by atoms with E-state index in [-0.39, 0.29) is 15.6 Å². The number of ether oxygens (including phenoxy) is 1. The topological polar surface area (TPSA) is 148 Å². The normalized spacial score (nSPS) is 12.0. The fourth-order valence-corrected chi connectivity index (χ4v) is 5.06. The minimum atomic E-state index is -4.09. The van der Waals surface area contributed by atoms with Crippen LogP contribution in [-0.2, 0) is 9.84 Å². The van der Waals surface area contributed by atoms with Crippen molar-refractivity contribution in [3.63, 3.8) is 0 Å². The van der Waals surface area contributed by atoms with Crippen LogP contribution in [0.4, 0.5) is 0 Å². The number of rotatable bonds is 4. The number of aryl methyl sites for hydroxylation is 2. The minimum absolute atomic E-state index is 0.0231. The number of fused-ring (bicyclic) bond motifs is 3. The number of aromatic amines is 2. The highest BCUT2D eigenvalue weighted by Crippen LogP contribution is 2.28. The Kier molecular flexibility index (Phi) is 4.34. The van der Waals surface area contributed by atoms with E-state index in [1.165, 1.54) is 17.7 Å². The van der Waals surface area contributed by atoms with Crippen molar-refractivity contribution in [2.45, 2.75) is 23.8 Å². The number of hydrogen-bond acceptors (Lipinski definition) is 8. The Morgan fingerprint density at radius 1 is 1.00 bits per heavy atom. The molecule has 0 aliphatic carbocycles. The van der Waals surface area contributed by atoms with Gasteiger partial charge in [0.15, 0.2) is 11.5 Å². The van der Waals surface area contributed by atoms with Crippen LogP contribution < -0.4 is 10.3 Å². The standard InChI is InChI=1S/C20H17N7O4S/c1-10-8-12(17-21-11(2)23-24-17)4-7-16(10)32(29,30)20-18-22-19(28)14-6-5-13(31-3)9-15(14)27(18)26-25-20/h4-9H,1-3H3,(H,22,28)(H,21,23,24). The molecule has 3 heterocycles. The molecule has 2 aromatic carbocycles. The summed E-state index contributed by atoms with van der Waals surface area (Å²) in [6, 6.07) is 9.62. The number of H-pyrrole nitrogens is 2. The third kappa shape index (κ3) is 2.95. The lowest BCUT2D eigenvalue weighted by molar-refractivity contribution is 0.415. The van der Waals surface area contributed by atoms with E-state index in [9.17, 15) is 13.2 Å². The summed E-state index contributed by atoms with van der Waals surface area (Å²) in [4.78, 5) is 18.3. The molecule has 0 spiro atoms. The van der Waals surface area contributed by atoms with Crippen LogP contribution in [0.5, 0.6) is 5.75 Å². The van der Waals surface area contributed by atoms with Crippen molar-refractivity contribution >= 4 is 26.4 Å². The lowest BCUT2D eigenvalue weighted by Gasteiger charge is -2.08. The predicted octanol–water partition coefficient (Wildman–Crippen LogP) is 1.81. The van der Waals surface area contributed by atoms with Crippen molar-refractivity contribution < 1.29 is 13.2 Å². The Morgan fingerprint density at radius 2 is 1.81 bits per heavy atom. The monoisotopic (exact) mass is 451 g/mol. The van der Waals surface area contributed by atoms with Gasteiger partial charge in [-0.05, 0) is 49.7 Å². The Labute approximate surface area is 181 Å². The molecule has 0 radical (unpaired) electrons. The molecule has 162 valence electrons. The number of benzene rings is 2. The van der Waals surface area contributed by atoms with Gasteiger partial charge < -0.3 is 14.7 Å². The highest BCUT2D eigenvalue weighted by atomic mass is 32.2. The molecule has 2 N–H and O–H groups in total. The summed E-state index contributed by atoms with van der Waals surface area (Å²) in [6.45, 7) is 3.45. The summed E-state index contributed by atoms with van der Waals surface area (Å²) >= 11 is 0. The molecule has 0 aliphatic heterocycles. The van der Waals surface area contributed by atoms with Gasteiger partial charge in [0.2, 0.25) is 14.9 Å². The van der Waals surface area contributed by atoms with Crippen molar-refractivity contribution in [3.05, 3.63) is 58.1 Å². The highest BCUT2D eigenvalue weighted by Gasteiger charge is 2.28. The van der Waals surface area contributed by atoms with E-state index in [2.05, 4.69) is 30.5 Å². The van der Waals surface area contributed by atoms with Crippen LogP contribution in [0.25, 0.3) is 27.9 Å². The third-order valence-corrected chi connectivity index (χ3v) is 6.96. The van der Waals surface area contributed by atoms with Gasteiger partial charge in [-0.3, -0.25) is 4.79 Å². The second kappa shape index (κ2) is 6.99. The first kappa shape index (κ1) is 19.9. The van der Waals surface area contributed by atoms with Gasteiger partial charge in [-0.25, -0.2) is 8.42 Å². The SMILES string of the molecule is COc1ccc2c(=O)[nH]c3c(S(=O)(=O)c4ccc(-c5nnc(C)[nH]5)cc4C)nnn3c2c1. The molecule has 0 atom stereocenters. The first-order chi connectivity index (χ1) is 15.3. The fraction of sp³-hybridized carbons (Fsp3) is 0.150. The maximum atomic E-state index is 13.5. The molecule has 0 aliphatic rings. The van der Waals surface area contributed by atoms with Gasteiger partial charge in [0.05, 0.1) is 22.9 Å². The second-order valence-electron chi connectivity index (χ2n) is 7.23. The zero-order valence-corrected chi connectivity index (χ0v) is 18.1. The van der Waals surface area contributed by atoms with Crippen LogP contribution in [0.3, 0.4) is 0 Å². The average molecular weight is 451 g/mol. The molecule has 0 saturated carbocycles. The lowest BCUT2D eigenvalue weighted by atomic mass is 10.1. The quantitative estimate of drug-likeness (QED) is 0.420. The van der Waals surface area contributed by atoms with Crippen LogP contribution >= 0.6 is 0 Å². The van der Waals surface area contributed by atoms with Gasteiger partial charge in [-0.1, -0.05) is 5.21 Å². The van der Waals surface area contributed by atoms with Gasteiger partial charge in [0.25, 0.3) is 5.56 Å². The number of aromatic nitrogens is 7.